The monoisotopic (exact) mass is 454 g/mol. The lowest BCUT2D eigenvalue weighted by Gasteiger charge is -2.58. The van der Waals surface area contributed by atoms with Gasteiger partial charge in [-0.2, -0.15) is 0 Å². The van der Waals surface area contributed by atoms with Gasteiger partial charge in [-0.05, 0) is 87.0 Å². The highest BCUT2D eigenvalue weighted by atomic mass is 16.7. The van der Waals surface area contributed by atoms with Crippen LogP contribution in [0, 0.1) is 51.8 Å². The molecule has 182 valence electrons. The molecule has 2 aliphatic heterocycles. The summed E-state index contributed by atoms with van der Waals surface area (Å²) in [5, 5.41) is 10.6. The van der Waals surface area contributed by atoms with Crippen molar-refractivity contribution < 1.29 is 19.4 Å². The van der Waals surface area contributed by atoms with Gasteiger partial charge in [0, 0.05) is 17.8 Å². The van der Waals surface area contributed by atoms with Crippen LogP contribution in [-0.4, -0.2) is 29.4 Å². The molecule has 0 unspecified atom stereocenters. The Balaban J connectivity index is 1.33. The Bertz CT molecular complexity index is 937. The molecular formula is C29H42O4. The minimum Gasteiger partial charge on any atom is -0.505 e. The van der Waals surface area contributed by atoms with Crippen LogP contribution >= 0.6 is 0 Å². The number of ether oxygens (including phenoxy) is 2. The summed E-state index contributed by atoms with van der Waals surface area (Å²) in [5.74, 6) is 2.78. The summed E-state index contributed by atoms with van der Waals surface area (Å²) >= 11 is 0. The van der Waals surface area contributed by atoms with Gasteiger partial charge in [0.05, 0.1) is 18.1 Å². The van der Waals surface area contributed by atoms with Crippen molar-refractivity contribution in [3.05, 3.63) is 23.5 Å². The zero-order chi connectivity index (χ0) is 23.6. The van der Waals surface area contributed by atoms with E-state index in [1.165, 1.54) is 18.4 Å². The van der Waals surface area contributed by atoms with Crippen LogP contribution in [0.5, 0.6) is 0 Å². The fraction of sp³-hybridized carbons (Fsp3) is 0.828. The highest BCUT2D eigenvalue weighted by molar-refractivity contribution is 6.01. The van der Waals surface area contributed by atoms with Crippen LogP contribution in [0.4, 0.5) is 0 Å². The Labute approximate surface area is 199 Å². The van der Waals surface area contributed by atoms with E-state index in [1.807, 2.05) is 19.9 Å². The van der Waals surface area contributed by atoms with Gasteiger partial charge < -0.3 is 14.6 Å². The predicted molar refractivity (Wildman–Crippen MR) is 127 cm³/mol. The van der Waals surface area contributed by atoms with Gasteiger partial charge in [0.25, 0.3) is 0 Å². The Kier molecular flexibility index (Phi) is 4.57. The summed E-state index contributed by atoms with van der Waals surface area (Å²) < 4.78 is 13.3. The maximum atomic E-state index is 12.8. The van der Waals surface area contributed by atoms with Crippen molar-refractivity contribution in [3.63, 3.8) is 0 Å². The van der Waals surface area contributed by atoms with Crippen LogP contribution in [0.3, 0.4) is 0 Å². The minimum absolute atomic E-state index is 0.0282. The van der Waals surface area contributed by atoms with Gasteiger partial charge in [-0.1, -0.05) is 39.3 Å². The van der Waals surface area contributed by atoms with E-state index in [1.54, 1.807) is 0 Å². The van der Waals surface area contributed by atoms with Crippen LogP contribution in [0.1, 0.15) is 80.1 Å². The third-order valence-electron chi connectivity index (χ3n) is 11.6. The molecule has 0 bridgehead atoms. The molecule has 0 aromatic heterocycles. The van der Waals surface area contributed by atoms with Crippen molar-refractivity contribution in [2.45, 2.75) is 92.0 Å². The predicted octanol–water partition coefficient (Wildman–Crippen LogP) is 6.22. The SMILES string of the molecule is C[C@@H]1CC[C@@]2(OC1)O[C@H]1C[C@H]3[C@@H]4CC=C5C(C)(C)C(=O)C(O)=C[C@]5(C)[C@H]4CC[C@]3(C)[C@H]1[C@@H]2C. The second-order valence-electron chi connectivity index (χ2n) is 13.5. The molecule has 6 rings (SSSR count). The minimum atomic E-state index is -0.620. The van der Waals surface area contributed by atoms with Gasteiger partial charge in [-0.15, -0.1) is 0 Å². The Morgan fingerprint density at radius 3 is 2.52 bits per heavy atom. The van der Waals surface area contributed by atoms with Crippen molar-refractivity contribution in [2.24, 2.45) is 51.8 Å². The number of aliphatic hydroxyl groups excluding tert-OH is 1. The van der Waals surface area contributed by atoms with E-state index in [9.17, 15) is 9.90 Å². The highest BCUT2D eigenvalue weighted by Crippen LogP contribution is 2.71. The zero-order valence-electron chi connectivity index (χ0n) is 21.3. The molecule has 10 atom stereocenters. The molecule has 4 nitrogen and oxygen atoms in total. The molecule has 4 heteroatoms. The van der Waals surface area contributed by atoms with Crippen molar-refractivity contribution in [1.29, 1.82) is 0 Å². The summed E-state index contributed by atoms with van der Waals surface area (Å²) in [7, 11) is 0. The Hall–Kier alpha value is -1.13. The van der Waals surface area contributed by atoms with Gasteiger partial charge in [0.2, 0.25) is 5.78 Å². The van der Waals surface area contributed by atoms with E-state index in [2.05, 4.69) is 33.8 Å². The molecule has 1 spiro atoms. The first-order chi connectivity index (χ1) is 15.4. The van der Waals surface area contributed by atoms with Crippen molar-refractivity contribution in [1.82, 2.24) is 0 Å². The molecule has 0 amide bonds. The van der Waals surface area contributed by atoms with Crippen LogP contribution in [0.2, 0.25) is 0 Å². The van der Waals surface area contributed by atoms with Crippen LogP contribution in [-0.2, 0) is 14.3 Å². The largest absolute Gasteiger partial charge is 0.505 e. The number of carbonyl (C=O) groups is 1. The summed E-state index contributed by atoms with van der Waals surface area (Å²) in [6.45, 7) is 14.3. The molecule has 2 saturated carbocycles. The number of Topliss-reactive ketones (excluding diaryl/α,β-unsaturated/α-hetero) is 1. The first kappa shape index (κ1) is 22.3. The number of rotatable bonds is 0. The van der Waals surface area contributed by atoms with E-state index in [0.717, 1.165) is 32.3 Å². The van der Waals surface area contributed by atoms with Crippen LogP contribution in [0.25, 0.3) is 0 Å². The maximum absolute atomic E-state index is 12.8. The number of aliphatic hydroxyl groups is 1. The molecular weight excluding hydrogens is 412 g/mol. The number of allylic oxidation sites excluding steroid dienone is 4. The summed E-state index contributed by atoms with van der Waals surface area (Å²) in [4.78, 5) is 12.8. The lowest BCUT2D eigenvalue weighted by Crippen LogP contribution is -2.54. The fourth-order valence-corrected chi connectivity index (χ4v) is 9.96. The highest BCUT2D eigenvalue weighted by Gasteiger charge is 2.69. The smallest absolute Gasteiger partial charge is 0.206 e. The second kappa shape index (κ2) is 6.75. The molecule has 6 aliphatic rings. The number of hydrogen-bond donors (Lipinski definition) is 1. The average molecular weight is 455 g/mol. The van der Waals surface area contributed by atoms with E-state index < -0.39 is 5.41 Å². The Morgan fingerprint density at radius 2 is 1.82 bits per heavy atom. The fourth-order valence-electron chi connectivity index (χ4n) is 9.96. The number of hydrogen-bond acceptors (Lipinski definition) is 4. The topological polar surface area (TPSA) is 55.8 Å². The molecule has 33 heavy (non-hydrogen) atoms. The first-order valence-corrected chi connectivity index (χ1v) is 13.4. The lowest BCUT2D eigenvalue weighted by molar-refractivity contribution is -0.272. The normalized spacial score (nSPS) is 54.7. The standard InChI is InChI=1S/C29H42O4/c1-16-9-12-29(32-15-16)17(2)24-22(33-29)13-20-18-7-8-23-26(3,4)25(31)21(30)14-28(23,6)19(18)10-11-27(20,24)5/h8,14,16-20,22,24,30H,7,9-13,15H2,1-6H3/t16-,17+,18-,19+,20+,22+,24+,27+,28-,29-/m1/s1. The molecule has 1 N–H and O–H groups in total. The molecule has 0 aromatic carbocycles. The third kappa shape index (κ3) is 2.69. The van der Waals surface area contributed by atoms with Gasteiger partial charge in [-0.3, -0.25) is 4.79 Å². The quantitative estimate of drug-likeness (QED) is 0.442. The molecule has 2 heterocycles. The van der Waals surface area contributed by atoms with Gasteiger partial charge in [-0.25, -0.2) is 0 Å². The van der Waals surface area contributed by atoms with E-state index >= 15 is 0 Å². The molecule has 4 aliphatic carbocycles. The maximum Gasteiger partial charge on any atom is 0.206 e. The zero-order valence-corrected chi connectivity index (χ0v) is 21.3. The van der Waals surface area contributed by atoms with E-state index in [-0.39, 0.29) is 28.2 Å². The van der Waals surface area contributed by atoms with Crippen molar-refractivity contribution >= 4 is 5.78 Å². The molecule has 0 radical (unpaired) electrons. The molecule has 2 saturated heterocycles. The number of ketones is 1. The van der Waals surface area contributed by atoms with E-state index in [0.29, 0.717) is 41.6 Å². The van der Waals surface area contributed by atoms with Gasteiger partial charge in [0.1, 0.15) is 0 Å². The third-order valence-corrected chi connectivity index (χ3v) is 11.6. The van der Waals surface area contributed by atoms with Crippen molar-refractivity contribution in [2.75, 3.05) is 6.61 Å². The summed E-state index contributed by atoms with van der Waals surface area (Å²) in [6, 6.07) is 0. The van der Waals surface area contributed by atoms with Crippen molar-refractivity contribution in [3.8, 4) is 0 Å². The van der Waals surface area contributed by atoms with Crippen LogP contribution < -0.4 is 0 Å². The van der Waals surface area contributed by atoms with Crippen LogP contribution in [0.15, 0.2) is 23.5 Å². The van der Waals surface area contributed by atoms with Gasteiger partial charge >= 0.3 is 0 Å². The van der Waals surface area contributed by atoms with Gasteiger partial charge in [0.15, 0.2) is 11.5 Å². The molecule has 0 aromatic rings. The molecule has 4 fully saturated rings. The van der Waals surface area contributed by atoms with E-state index in [4.69, 9.17) is 9.47 Å². The number of fused-ring (bicyclic) bond motifs is 7. The number of carbonyl (C=O) groups excluding carboxylic acids is 1. The average Bonchev–Trinajstić information content (AvgIpc) is 3.19. The summed E-state index contributed by atoms with van der Waals surface area (Å²) in [6.07, 6.45) is 11.3. The lowest BCUT2D eigenvalue weighted by atomic mass is 9.45. The second-order valence-corrected chi connectivity index (χ2v) is 13.5. The first-order valence-electron chi connectivity index (χ1n) is 13.4. The summed E-state index contributed by atoms with van der Waals surface area (Å²) in [5.41, 5.74) is 0.647. The Morgan fingerprint density at radius 1 is 1.06 bits per heavy atom.